The van der Waals surface area contributed by atoms with Crippen molar-refractivity contribution < 1.29 is 43.5 Å². The molecule has 1 aromatic heterocycles. The second-order valence-electron chi connectivity index (χ2n) is 9.13. The summed E-state index contributed by atoms with van der Waals surface area (Å²) >= 11 is -3.08. The molecular weight excluding hydrogens is 599 g/mol. The minimum atomic E-state index is -3.08. The fourth-order valence-electron chi connectivity index (χ4n) is 4.12. The monoisotopic (exact) mass is 630 g/mol. The first-order chi connectivity index (χ1) is 18.3. The molecule has 0 radical (unpaired) electrons. The quantitative estimate of drug-likeness (QED) is 0.219. The van der Waals surface area contributed by atoms with Gasteiger partial charge in [-0.2, -0.15) is 0 Å². The number of rotatable bonds is 10. The van der Waals surface area contributed by atoms with E-state index in [4.69, 9.17) is 9.62 Å². The van der Waals surface area contributed by atoms with Crippen LogP contribution in [0.2, 0.25) is 3.17 Å². The number of hydrogen-bond acceptors (Lipinski definition) is 10. The molecule has 0 bridgehead atoms. The van der Waals surface area contributed by atoms with Gasteiger partial charge in [0.25, 0.3) is 0 Å². The average molecular weight is 630 g/mol. The van der Waals surface area contributed by atoms with Crippen molar-refractivity contribution in [1.82, 2.24) is 9.55 Å². The van der Waals surface area contributed by atoms with Crippen LogP contribution in [0.25, 0.3) is 0 Å². The molecule has 38 heavy (non-hydrogen) atoms. The van der Waals surface area contributed by atoms with Gasteiger partial charge in [-0.25, -0.2) is 0 Å². The summed E-state index contributed by atoms with van der Waals surface area (Å²) in [4.78, 5) is 69.4. The minimum absolute atomic E-state index is 0.0636. The Morgan fingerprint density at radius 1 is 1.05 bits per heavy atom. The van der Waals surface area contributed by atoms with Crippen LogP contribution in [0, 0.1) is 0 Å². The van der Waals surface area contributed by atoms with Crippen molar-refractivity contribution in [2.45, 2.75) is 66.6 Å². The summed E-state index contributed by atoms with van der Waals surface area (Å²) in [5.41, 5.74) is 2.24. The number of ether oxygens (including phenoxy) is 1. The molecule has 12 heteroatoms. The summed E-state index contributed by atoms with van der Waals surface area (Å²) in [7, 11) is 0. The Kier molecular flexibility index (Phi) is 11.0. The second-order valence-corrected chi connectivity index (χ2v) is 18.8. The average Bonchev–Trinajstić information content (AvgIpc) is 3.62. The van der Waals surface area contributed by atoms with Crippen molar-refractivity contribution in [2.24, 2.45) is 0 Å². The number of nitrogens with zero attached hydrogens (tertiary/aromatic N) is 2. The van der Waals surface area contributed by atoms with E-state index in [1.165, 1.54) is 12.5 Å². The summed E-state index contributed by atoms with van der Waals surface area (Å²) in [6, 6.07) is 9.79. The zero-order valence-electron chi connectivity index (χ0n) is 21.7. The number of hydrogen-bond donors (Lipinski definition) is 0. The molecule has 202 valence electrons. The Hall–Kier alpha value is -3.12. The summed E-state index contributed by atoms with van der Waals surface area (Å²) in [6.45, 7) is 6.30. The maximum atomic E-state index is 13.2. The number of aromatic nitrogens is 2. The van der Waals surface area contributed by atoms with Crippen molar-refractivity contribution in [1.29, 1.82) is 0 Å². The van der Waals surface area contributed by atoms with E-state index in [-0.39, 0.29) is 10.3 Å². The van der Waals surface area contributed by atoms with E-state index >= 15 is 0 Å². The molecule has 2 atom stereocenters. The van der Waals surface area contributed by atoms with Crippen LogP contribution in [0.5, 0.6) is 0 Å². The molecule has 0 aliphatic carbocycles. The molecule has 1 aliphatic rings. The van der Waals surface area contributed by atoms with Crippen molar-refractivity contribution >= 4 is 45.3 Å². The van der Waals surface area contributed by atoms with Gasteiger partial charge in [0.1, 0.15) is 0 Å². The predicted octanol–water partition coefficient (Wildman–Crippen LogP) is 3.35. The van der Waals surface area contributed by atoms with Crippen LogP contribution in [0.15, 0.2) is 58.5 Å². The molecule has 0 saturated heterocycles. The molecule has 3 rings (SSSR count). The van der Waals surface area contributed by atoms with Gasteiger partial charge in [-0.05, 0) is 0 Å². The van der Waals surface area contributed by atoms with Gasteiger partial charge in [0, 0.05) is 0 Å². The van der Waals surface area contributed by atoms with Gasteiger partial charge >= 0.3 is 229 Å². The van der Waals surface area contributed by atoms with Crippen LogP contribution in [-0.4, -0.2) is 58.7 Å². The zero-order valence-corrected chi connectivity index (χ0v) is 25.0. The number of benzene rings is 1. The van der Waals surface area contributed by atoms with Crippen LogP contribution in [0.4, 0.5) is 0 Å². The first kappa shape index (κ1) is 29.4. The molecule has 0 N–H and O–H groups in total. The molecule has 1 aliphatic heterocycles. The zero-order chi connectivity index (χ0) is 27.5. The third-order valence-corrected chi connectivity index (χ3v) is 18.5. The number of aryl methyl sites for hydroxylation is 1. The molecule has 0 spiro atoms. The van der Waals surface area contributed by atoms with Gasteiger partial charge in [0.2, 0.25) is 0 Å². The first-order valence-electron chi connectivity index (χ1n) is 12.4. The Morgan fingerprint density at radius 2 is 1.76 bits per heavy atom. The Labute approximate surface area is 228 Å². The van der Waals surface area contributed by atoms with Crippen LogP contribution in [0.3, 0.4) is 0 Å². The first-order valence-corrected chi connectivity index (χ1v) is 17.9. The second kappa shape index (κ2) is 14.1. The Balaban J connectivity index is 1.69. The molecule has 0 saturated carbocycles. The Bertz CT molecular complexity index is 1140. The molecule has 2 unspecified atom stereocenters. The van der Waals surface area contributed by atoms with Crippen LogP contribution in [-0.2, 0) is 56.6 Å². The topological polar surface area (TPSA) is 132 Å². The van der Waals surface area contributed by atoms with E-state index in [0.717, 1.165) is 18.5 Å². The fraction of sp³-hybridized carbons (Fsp3) is 0.423. The summed E-state index contributed by atoms with van der Waals surface area (Å²) < 4.78 is 9.55. The van der Waals surface area contributed by atoms with Crippen LogP contribution < -0.4 is 0 Å². The number of imidazole rings is 1. The fourth-order valence-corrected chi connectivity index (χ4v) is 15.2. The van der Waals surface area contributed by atoms with Gasteiger partial charge < -0.3 is 0 Å². The van der Waals surface area contributed by atoms with E-state index < -0.39 is 48.5 Å². The SMILES string of the molecule is CCC(=O)OOC(=O)C(=O)OOC(=O)[C](C)(CC)[In]1[CH]=C(CCn2ccnc2)C[CH]1OCc1ccccc1. The molecule has 2 heterocycles. The third kappa shape index (κ3) is 7.94. The van der Waals surface area contributed by atoms with E-state index in [2.05, 4.69) is 23.5 Å². The normalized spacial score (nSPS) is 16.2. The van der Waals surface area contributed by atoms with Crippen molar-refractivity contribution in [2.75, 3.05) is 0 Å². The van der Waals surface area contributed by atoms with Crippen molar-refractivity contribution in [3.05, 3.63) is 64.0 Å². The van der Waals surface area contributed by atoms with E-state index in [9.17, 15) is 19.2 Å². The standard InChI is InChI=1S/C16H18N2O.C10H13O8.In/c1-15(7-10-18-11-9-17-14-18)8-12-19-13-16-5-3-2-4-6-16;1-4-6(3)8(12)16-18-10(14)9(13)17-15-7(11)5-2;/h1-6,9,11-12,14H,7-8,10,13H2;4-5H2,1-3H3;. The maximum absolute atomic E-state index is 13.2. The molecule has 0 amide bonds. The van der Waals surface area contributed by atoms with E-state index in [1.807, 2.05) is 48.0 Å². The van der Waals surface area contributed by atoms with Gasteiger partial charge in [0.05, 0.1) is 0 Å². The van der Waals surface area contributed by atoms with Gasteiger partial charge in [-0.1, -0.05) is 0 Å². The van der Waals surface area contributed by atoms with Gasteiger partial charge in [-0.15, -0.1) is 0 Å². The molecule has 1 aromatic carbocycles. The van der Waals surface area contributed by atoms with E-state index in [0.29, 0.717) is 19.4 Å². The Morgan fingerprint density at radius 3 is 2.39 bits per heavy atom. The molecule has 2 aromatic rings. The summed E-state index contributed by atoms with van der Waals surface area (Å²) in [6.07, 6.45) is 7.25. The van der Waals surface area contributed by atoms with Crippen molar-refractivity contribution in [3.63, 3.8) is 0 Å². The molecule has 0 fully saturated rings. The van der Waals surface area contributed by atoms with Gasteiger partial charge in [-0.3, -0.25) is 0 Å². The molecular formula is C26H31InN2O9. The summed E-state index contributed by atoms with van der Waals surface area (Å²) in [5.74, 6) is -4.84. The predicted molar refractivity (Wildman–Crippen MR) is 134 cm³/mol. The third-order valence-electron chi connectivity index (χ3n) is 6.63. The van der Waals surface area contributed by atoms with Crippen molar-refractivity contribution in [3.8, 4) is 0 Å². The van der Waals surface area contributed by atoms with Gasteiger partial charge in [0.15, 0.2) is 0 Å². The van der Waals surface area contributed by atoms with E-state index in [1.54, 1.807) is 19.4 Å². The number of carbonyl (C=O) groups is 4. The molecule has 11 nitrogen and oxygen atoms in total. The number of carbonyl (C=O) groups excluding carboxylic acids is 4. The summed E-state index contributed by atoms with van der Waals surface area (Å²) in [5, 5.41) is 0. The van der Waals surface area contributed by atoms with Crippen LogP contribution in [0.1, 0.15) is 52.0 Å². The van der Waals surface area contributed by atoms with Crippen LogP contribution >= 0.6 is 0 Å².